The Morgan fingerprint density at radius 2 is 1.93 bits per heavy atom. The Hall–Kier alpha value is -2.77. The normalized spacial score (nSPS) is 15.4. The summed E-state index contributed by atoms with van der Waals surface area (Å²) in [6, 6.07) is 13.6. The van der Waals surface area contributed by atoms with E-state index < -0.39 is 12.6 Å². The molecule has 2 aromatic carbocycles. The van der Waals surface area contributed by atoms with Crippen molar-refractivity contribution in [1.82, 2.24) is 4.90 Å². The maximum absolute atomic E-state index is 12.6. The Morgan fingerprint density at radius 3 is 2.63 bits per heavy atom. The zero-order chi connectivity index (χ0) is 19.4. The van der Waals surface area contributed by atoms with Crippen LogP contribution in [0.4, 0.5) is 4.79 Å². The summed E-state index contributed by atoms with van der Waals surface area (Å²) in [6.07, 6.45) is 1.58. The van der Waals surface area contributed by atoms with Gasteiger partial charge < -0.3 is 9.84 Å². The Morgan fingerprint density at radius 1 is 1.19 bits per heavy atom. The van der Waals surface area contributed by atoms with Crippen molar-refractivity contribution in [2.45, 2.75) is 6.54 Å². The topological polar surface area (TPSA) is 83.9 Å². The molecule has 1 saturated heterocycles. The highest BCUT2D eigenvalue weighted by Gasteiger charge is 2.34. The van der Waals surface area contributed by atoms with Crippen LogP contribution in [0.5, 0.6) is 5.75 Å². The Balaban J connectivity index is 1.75. The SMILES string of the molecule is O=C(O)COc1cccc(/C=C2/SC(=O)N(Cc3ccc(Cl)cc3)C2=O)c1. The van der Waals surface area contributed by atoms with Gasteiger partial charge in [-0.1, -0.05) is 35.9 Å². The molecule has 1 heterocycles. The van der Waals surface area contributed by atoms with Crippen molar-refractivity contribution in [3.05, 3.63) is 69.6 Å². The van der Waals surface area contributed by atoms with Crippen LogP contribution in [0.2, 0.25) is 5.02 Å². The Bertz CT molecular complexity index is 926. The van der Waals surface area contributed by atoms with Gasteiger partial charge in [-0.15, -0.1) is 0 Å². The van der Waals surface area contributed by atoms with Gasteiger partial charge in [-0.05, 0) is 53.2 Å². The number of ether oxygens (including phenoxy) is 1. The standard InChI is InChI=1S/C19H14ClNO5S/c20-14-6-4-12(5-7-14)10-21-18(24)16(27-19(21)25)9-13-2-1-3-15(8-13)26-11-17(22)23/h1-9H,10-11H2,(H,22,23)/b16-9+. The van der Waals surface area contributed by atoms with Crippen LogP contribution in [0, 0.1) is 0 Å². The van der Waals surface area contributed by atoms with E-state index in [2.05, 4.69) is 0 Å². The van der Waals surface area contributed by atoms with E-state index in [1.807, 2.05) is 0 Å². The molecule has 0 radical (unpaired) electrons. The number of halogens is 1. The van der Waals surface area contributed by atoms with Crippen molar-refractivity contribution in [2.24, 2.45) is 0 Å². The molecule has 1 N–H and O–H groups in total. The first-order chi connectivity index (χ1) is 12.9. The molecule has 0 saturated carbocycles. The van der Waals surface area contributed by atoms with E-state index in [1.54, 1.807) is 54.6 Å². The monoisotopic (exact) mass is 403 g/mol. The first-order valence-corrected chi connectivity index (χ1v) is 9.06. The van der Waals surface area contributed by atoms with E-state index in [0.29, 0.717) is 21.2 Å². The number of carbonyl (C=O) groups excluding carboxylic acids is 2. The summed E-state index contributed by atoms with van der Waals surface area (Å²) >= 11 is 6.71. The molecular weight excluding hydrogens is 390 g/mol. The molecule has 0 unspecified atom stereocenters. The number of benzene rings is 2. The zero-order valence-corrected chi connectivity index (χ0v) is 15.5. The predicted molar refractivity (Wildman–Crippen MR) is 103 cm³/mol. The summed E-state index contributed by atoms with van der Waals surface area (Å²) < 4.78 is 5.12. The molecule has 8 heteroatoms. The molecule has 2 amide bonds. The second-order valence-electron chi connectivity index (χ2n) is 5.65. The number of aliphatic carboxylic acids is 1. The first kappa shape index (κ1) is 19.0. The minimum Gasteiger partial charge on any atom is -0.482 e. The third-order valence-corrected chi connectivity index (χ3v) is 4.81. The summed E-state index contributed by atoms with van der Waals surface area (Å²) in [5.74, 6) is -1.09. The summed E-state index contributed by atoms with van der Waals surface area (Å²) in [5.41, 5.74) is 1.43. The molecule has 6 nitrogen and oxygen atoms in total. The minimum atomic E-state index is -1.08. The van der Waals surface area contributed by atoms with Gasteiger partial charge in [0.15, 0.2) is 6.61 Å². The largest absolute Gasteiger partial charge is 0.482 e. The number of rotatable bonds is 6. The molecule has 1 aliphatic heterocycles. The second-order valence-corrected chi connectivity index (χ2v) is 7.08. The molecular formula is C19H14ClNO5S. The number of carboxylic acid groups (broad SMARTS) is 1. The number of imide groups is 1. The Kier molecular flexibility index (Phi) is 5.83. The Labute approximate surface area is 164 Å². The minimum absolute atomic E-state index is 0.168. The quantitative estimate of drug-likeness (QED) is 0.733. The van der Waals surface area contributed by atoms with Crippen molar-refractivity contribution in [3.63, 3.8) is 0 Å². The highest BCUT2D eigenvalue weighted by Crippen LogP contribution is 2.33. The van der Waals surface area contributed by atoms with E-state index in [1.165, 1.54) is 4.90 Å². The van der Waals surface area contributed by atoms with Crippen LogP contribution in [0.1, 0.15) is 11.1 Å². The maximum Gasteiger partial charge on any atom is 0.341 e. The number of thioether (sulfide) groups is 1. The van der Waals surface area contributed by atoms with Crippen molar-refractivity contribution >= 4 is 46.6 Å². The van der Waals surface area contributed by atoms with Gasteiger partial charge in [-0.3, -0.25) is 14.5 Å². The zero-order valence-electron chi connectivity index (χ0n) is 13.9. The molecule has 0 atom stereocenters. The van der Waals surface area contributed by atoms with Crippen molar-refractivity contribution in [3.8, 4) is 5.75 Å². The lowest BCUT2D eigenvalue weighted by molar-refractivity contribution is -0.139. The molecule has 0 aromatic heterocycles. The van der Waals surface area contributed by atoms with Crippen LogP contribution in [-0.4, -0.2) is 33.7 Å². The van der Waals surface area contributed by atoms with Crippen LogP contribution in [-0.2, 0) is 16.1 Å². The number of amides is 2. The summed E-state index contributed by atoms with van der Waals surface area (Å²) in [6.45, 7) is -0.290. The molecule has 27 heavy (non-hydrogen) atoms. The van der Waals surface area contributed by atoms with E-state index in [9.17, 15) is 14.4 Å². The van der Waals surface area contributed by atoms with Crippen LogP contribution in [0.3, 0.4) is 0 Å². The molecule has 0 aliphatic carbocycles. The average molecular weight is 404 g/mol. The molecule has 0 spiro atoms. The average Bonchev–Trinajstić information content (AvgIpc) is 2.89. The number of carbonyl (C=O) groups is 3. The summed E-state index contributed by atoms with van der Waals surface area (Å²) in [4.78, 5) is 36.8. The lowest BCUT2D eigenvalue weighted by Gasteiger charge is -2.12. The number of carboxylic acids is 1. The molecule has 1 aliphatic rings. The van der Waals surface area contributed by atoms with Gasteiger partial charge in [0.2, 0.25) is 0 Å². The van der Waals surface area contributed by atoms with E-state index in [0.717, 1.165) is 17.3 Å². The third-order valence-electron chi connectivity index (χ3n) is 3.65. The van der Waals surface area contributed by atoms with Crippen LogP contribution in [0.15, 0.2) is 53.4 Å². The van der Waals surface area contributed by atoms with E-state index >= 15 is 0 Å². The highest BCUT2D eigenvalue weighted by molar-refractivity contribution is 8.18. The lowest BCUT2D eigenvalue weighted by atomic mass is 10.2. The molecule has 1 fully saturated rings. The van der Waals surface area contributed by atoms with Crippen LogP contribution in [0.25, 0.3) is 6.08 Å². The molecule has 138 valence electrons. The van der Waals surface area contributed by atoms with Gasteiger partial charge in [0.25, 0.3) is 11.1 Å². The van der Waals surface area contributed by atoms with Crippen molar-refractivity contribution in [1.29, 1.82) is 0 Å². The number of hydrogen-bond donors (Lipinski definition) is 1. The van der Waals surface area contributed by atoms with Crippen LogP contribution < -0.4 is 4.74 Å². The maximum atomic E-state index is 12.6. The van der Waals surface area contributed by atoms with E-state index in [-0.39, 0.29) is 17.7 Å². The van der Waals surface area contributed by atoms with Gasteiger partial charge in [0, 0.05) is 5.02 Å². The predicted octanol–water partition coefficient (Wildman–Crippen LogP) is 4.04. The smallest absolute Gasteiger partial charge is 0.341 e. The second kappa shape index (κ2) is 8.28. The third kappa shape index (κ3) is 4.90. The fourth-order valence-corrected chi connectivity index (χ4v) is 3.36. The molecule has 2 aromatic rings. The lowest BCUT2D eigenvalue weighted by Crippen LogP contribution is -2.27. The van der Waals surface area contributed by atoms with Crippen molar-refractivity contribution < 1.29 is 24.2 Å². The van der Waals surface area contributed by atoms with Gasteiger partial charge in [-0.2, -0.15) is 0 Å². The van der Waals surface area contributed by atoms with Gasteiger partial charge in [-0.25, -0.2) is 4.79 Å². The first-order valence-electron chi connectivity index (χ1n) is 7.87. The van der Waals surface area contributed by atoms with E-state index in [4.69, 9.17) is 21.4 Å². The van der Waals surface area contributed by atoms with Crippen LogP contribution >= 0.6 is 23.4 Å². The summed E-state index contributed by atoms with van der Waals surface area (Å²) in [5, 5.41) is 8.90. The number of hydrogen-bond acceptors (Lipinski definition) is 5. The number of nitrogens with zero attached hydrogens (tertiary/aromatic N) is 1. The van der Waals surface area contributed by atoms with Gasteiger partial charge >= 0.3 is 5.97 Å². The fraction of sp³-hybridized carbons (Fsp3) is 0.105. The molecule has 3 rings (SSSR count). The highest BCUT2D eigenvalue weighted by atomic mass is 35.5. The molecule has 0 bridgehead atoms. The van der Waals surface area contributed by atoms with Gasteiger partial charge in [0.1, 0.15) is 5.75 Å². The summed E-state index contributed by atoms with van der Waals surface area (Å²) in [7, 11) is 0. The fourth-order valence-electron chi connectivity index (χ4n) is 2.40. The van der Waals surface area contributed by atoms with Gasteiger partial charge in [0.05, 0.1) is 11.4 Å². The van der Waals surface area contributed by atoms with Crippen molar-refractivity contribution in [2.75, 3.05) is 6.61 Å².